The minimum absolute atomic E-state index is 0.0127. The third-order valence-corrected chi connectivity index (χ3v) is 4.45. The zero-order chi connectivity index (χ0) is 16.8. The van der Waals surface area contributed by atoms with Crippen molar-refractivity contribution in [3.8, 4) is 0 Å². The normalized spacial score (nSPS) is 16.7. The summed E-state index contributed by atoms with van der Waals surface area (Å²) in [5.74, 6) is -0.0127. The third-order valence-electron chi connectivity index (χ3n) is 4.45. The van der Waals surface area contributed by atoms with E-state index in [0.717, 1.165) is 37.2 Å². The summed E-state index contributed by atoms with van der Waals surface area (Å²) >= 11 is 0. The number of rotatable bonds is 6. The maximum atomic E-state index is 13.1. The van der Waals surface area contributed by atoms with Crippen LogP contribution in [0, 0.1) is 0 Å². The van der Waals surface area contributed by atoms with Gasteiger partial charge >= 0.3 is 0 Å². The van der Waals surface area contributed by atoms with Crippen molar-refractivity contribution < 1.29 is 9.53 Å². The molecule has 1 fully saturated rings. The van der Waals surface area contributed by atoms with E-state index >= 15 is 0 Å². The van der Waals surface area contributed by atoms with Crippen LogP contribution in [0.25, 0.3) is 0 Å². The second-order valence-corrected chi connectivity index (χ2v) is 6.02. The second kappa shape index (κ2) is 7.59. The van der Waals surface area contributed by atoms with Crippen LogP contribution < -0.4 is 10.6 Å². The van der Waals surface area contributed by atoms with E-state index in [0.29, 0.717) is 13.2 Å². The molecule has 6 heteroatoms. The highest BCUT2D eigenvalue weighted by Crippen LogP contribution is 2.28. The Morgan fingerprint density at radius 1 is 1.38 bits per heavy atom. The fraction of sp³-hybridized carbons (Fsp3) is 0.444. The van der Waals surface area contributed by atoms with Crippen LogP contribution >= 0.6 is 0 Å². The highest BCUT2D eigenvalue weighted by molar-refractivity contribution is 5.96. The van der Waals surface area contributed by atoms with Gasteiger partial charge in [-0.05, 0) is 56.6 Å². The number of aromatic nitrogens is 2. The minimum atomic E-state index is -0.634. The minimum Gasteiger partial charge on any atom is -0.377 e. The molecule has 24 heavy (non-hydrogen) atoms. The van der Waals surface area contributed by atoms with Gasteiger partial charge in [0.1, 0.15) is 5.54 Å². The summed E-state index contributed by atoms with van der Waals surface area (Å²) in [5.41, 5.74) is 1.21. The highest BCUT2D eigenvalue weighted by Gasteiger charge is 2.42. The van der Waals surface area contributed by atoms with Gasteiger partial charge in [-0.15, -0.1) is 0 Å². The van der Waals surface area contributed by atoms with Crippen LogP contribution in [-0.2, 0) is 21.7 Å². The first-order chi connectivity index (χ1) is 11.7. The lowest BCUT2D eigenvalue weighted by Crippen LogP contribution is -2.52. The first-order valence-corrected chi connectivity index (χ1v) is 8.43. The molecule has 1 amide bonds. The molecule has 3 rings (SSSR count). The Morgan fingerprint density at radius 3 is 2.92 bits per heavy atom. The van der Waals surface area contributed by atoms with Crippen LogP contribution in [-0.4, -0.2) is 35.4 Å². The number of hydrogen-bond acceptors (Lipinski definition) is 4. The molecule has 0 saturated carbocycles. The SMILES string of the molecule is CCOCc1cccc(NC(=O)C2(n3cccn3)CCNCC2)c1. The Balaban J connectivity index is 1.79. The summed E-state index contributed by atoms with van der Waals surface area (Å²) in [6.45, 7) is 4.80. The lowest BCUT2D eigenvalue weighted by Gasteiger charge is -2.36. The van der Waals surface area contributed by atoms with Gasteiger partial charge in [0.15, 0.2) is 0 Å². The first-order valence-electron chi connectivity index (χ1n) is 8.43. The zero-order valence-corrected chi connectivity index (χ0v) is 14.0. The second-order valence-electron chi connectivity index (χ2n) is 6.02. The standard InChI is InChI=1S/C18H24N4O2/c1-2-24-14-15-5-3-6-16(13-15)21-17(23)18(7-10-19-11-8-18)22-12-4-9-20-22/h3-6,9,12-13,19H,2,7-8,10-11,14H2,1H3,(H,21,23). The molecule has 128 valence electrons. The van der Waals surface area contributed by atoms with Crippen LogP contribution in [0.4, 0.5) is 5.69 Å². The summed E-state index contributed by atoms with van der Waals surface area (Å²) in [7, 11) is 0. The number of carbonyl (C=O) groups excluding carboxylic acids is 1. The molecule has 0 bridgehead atoms. The molecule has 1 saturated heterocycles. The molecule has 1 aromatic heterocycles. The van der Waals surface area contributed by atoms with Crippen molar-refractivity contribution in [2.45, 2.75) is 31.9 Å². The molecule has 6 nitrogen and oxygen atoms in total. The van der Waals surface area contributed by atoms with E-state index in [9.17, 15) is 4.79 Å². The fourth-order valence-corrected chi connectivity index (χ4v) is 3.13. The number of nitrogens with zero attached hydrogens (tertiary/aromatic N) is 2. The van der Waals surface area contributed by atoms with Gasteiger partial charge in [0, 0.05) is 24.7 Å². The van der Waals surface area contributed by atoms with Crippen LogP contribution in [0.15, 0.2) is 42.7 Å². The molecular weight excluding hydrogens is 304 g/mol. The average Bonchev–Trinajstić information content (AvgIpc) is 3.16. The van der Waals surface area contributed by atoms with Gasteiger partial charge in [0.2, 0.25) is 0 Å². The summed E-state index contributed by atoms with van der Waals surface area (Å²) < 4.78 is 7.24. The van der Waals surface area contributed by atoms with E-state index < -0.39 is 5.54 Å². The number of hydrogen-bond donors (Lipinski definition) is 2. The lowest BCUT2D eigenvalue weighted by molar-refractivity contribution is -0.126. The summed E-state index contributed by atoms with van der Waals surface area (Å²) in [6.07, 6.45) is 5.04. The summed E-state index contributed by atoms with van der Waals surface area (Å²) in [4.78, 5) is 13.1. The number of piperidine rings is 1. The smallest absolute Gasteiger partial charge is 0.252 e. The maximum Gasteiger partial charge on any atom is 0.252 e. The van der Waals surface area contributed by atoms with Gasteiger partial charge in [0.25, 0.3) is 5.91 Å². The van der Waals surface area contributed by atoms with Gasteiger partial charge in [-0.3, -0.25) is 9.48 Å². The predicted octanol–water partition coefficient (Wildman–Crippen LogP) is 2.14. The molecule has 0 aliphatic carbocycles. The number of amides is 1. The van der Waals surface area contributed by atoms with Crippen molar-refractivity contribution in [2.75, 3.05) is 25.0 Å². The van der Waals surface area contributed by atoms with Crippen LogP contribution in [0.3, 0.4) is 0 Å². The quantitative estimate of drug-likeness (QED) is 0.852. The van der Waals surface area contributed by atoms with E-state index in [2.05, 4.69) is 15.7 Å². The lowest BCUT2D eigenvalue weighted by atomic mass is 9.87. The van der Waals surface area contributed by atoms with Crippen molar-refractivity contribution in [1.82, 2.24) is 15.1 Å². The van der Waals surface area contributed by atoms with Gasteiger partial charge in [-0.2, -0.15) is 5.10 Å². The van der Waals surface area contributed by atoms with E-state index in [4.69, 9.17) is 4.74 Å². The van der Waals surface area contributed by atoms with E-state index in [1.54, 1.807) is 10.9 Å². The number of ether oxygens (including phenoxy) is 1. The largest absolute Gasteiger partial charge is 0.377 e. The molecule has 1 aromatic carbocycles. The molecular formula is C18H24N4O2. The fourth-order valence-electron chi connectivity index (χ4n) is 3.13. The van der Waals surface area contributed by atoms with Crippen LogP contribution in [0.5, 0.6) is 0 Å². The van der Waals surface area contributed by atoms with E-state index in [1.807, 2.05) is 43.5 Å². The molecule has 0 radical (unpaired) electrons. The predicted molar refractivity (Wildman–Crippen MR) is 92.7 cm³/mol. The summed E-state index contributed by atoms with van der Waals surface area (Å²) in [6, 6.07) is 9.67. The Labute approximate surface area is 142 Å². The molecule has 2 aromatic rings. The van der Waals surface area contributed by atoms with Crippen LogP contribution in [0.1, 0.15) is 25.3 Å². The molecule has 1 aliphatic heterocycles. The van der Waals surface area contributed by atoms with Crippen molar-refractivity contribution in [2.24, 2.45) is 0 Å². The Morgan fingerprint density at radius 2 is 2.21 bits per heavy atom. The van der Waals surface area contributed by atoms with Crippen molar-refractivity contribution in [1.29, 1.82) is 0 Å². The monoisotopic (exact) mass is 328 g/mol. The molecule has 2 heterocycles. The Bertz CT molecular complexity index is 663. The number of nitrogens with one attached hydrogen (secondary N) is 2. The van der Waals surface area contributed by atoms with Gasteiger partial charge in [0.05, 0.1) is 6.61 Å². The zero-order valence-electron chi connectivity index (χ0n) is 14.0. The number of carbonyl (C=O) groups is 1. The molecule has 0 atom stereocenters. The topological polar surface area (TPSA) is 68.2 Å². The van der Waals surface area contributed by atoms with Gasteiger partial charge < -0.3 is 15.4 Å². The van der Waals surface area contributed by atoms with Crippen LogP contribution in [0.2, 0.25) is 0 Å². The molecule has 2 N–H and O–H groups in total. The molecule has 1 aliphatic rings. The van der Waals surface area contributed by atoms with Crippen molar-refractivity contribution in [3.63, 3.8) is 0 Å². The molecule has 0 unspecified atom stereocenters. The third kappa shape index (κ3) is 3.49. The van der Waals surface area contributed by atoms with Gasteiger partial charge in [-0.25, -0.2) is 0 Å². The van der Waals surface area contributed by atoms with E-state index in [1.165, 1.54) is 0 Å². The van der Waals surface area contributed by atoms with E-state index in [-0.39, 0.29) is 5.91 Å². The highest BCUT2D eigenvalue weighted by atomic mass is 16.5. The number of benzene rings is 1. The summed E-state index contributed by atoms with van der Waals surface area (Å²) in [5, 5.41) is 10.7. The average molecular weight is 328 g/mol. The Hall–Kier alpha value is -2.18. The van der Waals surface area contributed by atoms with Gasteiger partial charge in [-0.1, -0.05) is 12.1 Å². The van der Waals surface area contributed by atoms with Crippen molar-refractivity contribution >= 4 is 11.6 Å². The molecule has 0 spiro atoms. The van der Waals surface area contributed by atoms with Crippen molar-refractivity contribution in [3.05, 3.63) is 48.3 Å². The first kappa shape index (κ1) is 16.7. The maximum absolute atomic E-state index is 13.1. The Kier molecular flexibility index (Phi) is 5.27. The number of anilines is 1.